The Hall–Kier alpha value is -2.93. The summed E-state index contributed by atoms with van der Waals surface area (Å²) in [6.07, 6.45) is 5.80. The number of hydrogen-bond donors (Lipinski definition) is 0. The molecule has 4 nitrogen and oxygen atoms in total. The highest BCUT2D eigenvalue weighted by molar-refractivity contribution is 6.08. The molecule has 1 aliphatic carbocycles. The fourth-order valence-corrected chi connectivity index (χ4v) is 4.39. The molecule has 0 saturated heterocycles. The first-order valence-corrected chi connectivity index (χ1v) is 10.2. The van der Waals surface area contributed by atoms with Crippen LogP contribution in [0.4, 0.5) is 0 Å². The maximum atomic E-state index is 13.2. The standard InChI is InChI=1S/C24H25N3O/c1-2-7-22-26-24(14-5-6-15-24)23(28)27(22)17-18-10-12-19(13-11-18)21-9-4-3-8-20(21)16-25/h3-4,8-13H,2,5-7,14-15,17H2,1H3. The smallest absolute Gasteiger partial charge is 0.256 e. The van der Waals surface area contributed by atoms with Gasteiger partial charge in [-0.3, -0.25) is 14.7 Å². The average Bonchev–Trinajstić information content (AvgIpc) is 3.30. The first kappa shape index (κ1) is 18.4. The van der Waals surface area contributed by atoms with Crippen LogP contribution in [0.2, 0.25) is 0 Å². The molecule has 4 heteroatoms. The van der Waals surface area contributed by atoms with Crippen molar-refractivity contribution < 1.29 is 4.79 Å². The zero-order valence-electron chi connectivity index (χ0n) is 16.3. The monoisotopic (exact) mass is 371 g/mol. The van der Waals surface area contributed by atoms with E-state index in [2.05, 4.69) is 25.1 Å². The molecule has 28 heavy (non-hydrogen) atoms. The molecule has 0 unspecified atom stereocenters. The van der Waals surface area contributed by atoms with E-state index in [1.807, 2.05) is 41.3 Å². The van der Waals surface area contributed by atoms with Gasteiger partial charge in [-0.1, -0.05) is 62.2 Å². The Morgan fingerprint density at radius 2 is 1.82 bits per heavy atom. The number of amides is 1. The van der Waals surface area contributed by atoms with Crippen LogP contribution in [0.3, 0.4) is 0 Å². The minimum Gasteiger partial charge on any atom is -0.294 e. The minimum absolute atomic E-state index is 0.187. The summed E-state index contributed by atoms with van der Waals surface area (Å²) in [5, 5.41) is 9.33. The van der Waals surface area contributed by atoms with Gasteiger partial charge in [0.25, 0.3) is 5.91 Å². The molecule has 1 amide bonds. The van der Waals surface area contributed by atoms with Gasteiger partial charge in [0.05, 0.1) is 18.2 Å². The van der Waals surface area contributed by atoms with Gasteiger partial charge < -0.3 is 0 Å². The van der Waals surface area contributed by atoms with Crippen LogP contribution in [0.15, 0.2) is 53.5 Å². The van der Waals surface area contributed by atoms with E-state index in [4.69, 9.17) is 4.99 Å². The number of hydrogen-bond acceptors (Lipinski definition) is 3. The summed E-state index contributed by atoms with van der Waals surface area (Å²) in [6, 6.07) is 18.1. The SMILES string of the molecule is CCCC1=NC2(CCCC2)C(=O)N1Cc1ccc(-c2ccccc2C#N)cc1. The van der Waals surface area contributed by atoms with Gasteiger partial charge in [0.1, 0.15) is 11.4 Å². The lowest BCUT2D eigenvalue weighted by molar-refractivity contribution is -0.131. The summed E-state index contributed by atoms with van der Waals surface area (Å²) in [5.74, 6) is 1.14. The van der Waals surface area contributed by atoms with Crippen molar-refractivity contribution in [3.05, 3.63) is 59.7 Å². The molecule has 0 atom stereocenters. The highest BCUT2D eigenvalue weighted by Gasteiger charge is 2.49. The van der Waals surface area contributed by atoms with Crippen molar-refractivity contribution in [2.75, 3.05) is 0 Å². The van der Waals surface area contributed by atoms with E-state index in [0.717, 1.165) is 61.1 Å². The number of nitriles is 1. The molecule has 1 aliphatic heterocycles. The lowest BCUT2D eigenvalue weighted by Crippen LogP contribution is -2.40. The third kappa shape index (κ3) is 3.22. The van der Waals surface area contributed by atoms with E-state index in [1.54, 1.807) is 0 Å². The first-order chi connectivity index (χ1) is 13.7. The van der Waals surface area contributed by atoms with Crippen molar-refractivity contribution in [1.82, 2.24) is 4.90 Å². The van der Waals surface area contributed by atoms with Crippen LogP contribution in [-0.2, 0) is 11.3 Å². The van der Waals surface area contributed by atoms with Crippen molar-refractivity contribution in [1.29, 1.82) is 5.26 Å². The highest BCUT2D eigenvalue weighted by atomic mass is 16.2. The van der Waals surface area contributed by atoms with Gasteiger partial charge in [-0.15, -0.1) is 0 Å². The lowest BCUT2D eigenvalue weighted by Gasteiger charge is -2.22. The van der Waals surface area contributed by atoms with Crippen LogP contribution in [-0.4, -0.2) is 22.2 Å². The van der Waals surface area contributed by atoms with Crippen LogP contribution in [0, 0.1) is 11.3 Å². The van der Waals surface area contributed by atoms with Crippen molar-refractivity contribution in [2.45, 2.75) is 57.5 Å². The number of aliphatic imine (C=N–C) groups is 1. The zero-order valence-corrected chi connectivity index (χ0v) is 16.3. The van der Waals surface area contributed by atoms with Crippen LogP contribution >= 0.6 is 0 Å². The van der Waals surface area contributed by atoms with Crippen molar-refractivity contribution in [3.63, 3.8) is 0 Å². The Balaban J connectivity index is 1.56. The van der Waals surface area contributed by atoms with Crippen LogP contribution in [0.25, 0.3) is 11.1 Å². The molecule has 2 aromatic rings. The topological polar surface area (TPSA) is 56.5 Å². The van der Waals surface area contributed by atoms with Gasteiger partial charge in [-0.05, 0) is 42.0 Å². The largest absolute Gasteiger partial charge is 0.294 e. The zero-order chi connectivity index (χ0) is 19.6. The van der Waals surface area contributed by atoms with Crippen molar-refractivity contribution in [3.8, 4) is 17.2 Å². The Morgan fingerprint density at radius 3 is 2.50 bits per heavy atom. The molecule has 4 rings (SSSR count). The van der Waals surface area contributed by atoms with E-state index in [0.29, 0.717) is 12.1 Å². The van der Waals surface area contributed by atoms with Crippen molar-refractivity contribution in [2.24, 2.45) is 4.99 Å². The molecule has 0 bridgehead atoms. The Bertz CT molecular complexity index is 947. The van der Waals surface area contributed by atoms with Gasteiger partial charge in [0.2, 0.25) is 0 Å². The van der Waals surface area contributed by atoms with Crippen LogP contribution in [0.1, 0.15) is 56.6 Å². The number of benzene rings is 2. The fourth-order valence-electron chi connectivity index (χ4n) is 4.39. The van der Waals surface area contributed by atoms with E-state index in [9.17, 15) is 10.1 Å². The molecule has 0 radical (unpaired) electrons. The molecule has 1 heterocycles. The van der Waals surface area contributed by atoms with E-state index < -0.39 is 5.54 Å². The van der Waals surface area contributed by atoms with Gasteiger partial charge in [-0.2, -0.15) is 5.26 Å². The summed E-state index contributed by atoms with van der Waals surface area (Å²) in [6.45, 7) is 2.70. The number of amidine groups is 1. The summed E-state index contributed by atoms with van der Waals surface area (Å²) in [4.78, 5) is 20.0. The third-order valence-corrected chi connectivity index (χ3v) is 5.86. The Labute approximate surface area is 166 Å². The maximum Gasteiger partial charge on any atom is 0.256 e. The molecule has 1 fully saturated rings. The number of rotatable bonds is 5. The number of carbonyl (C=O) groups is 1. The molecule has 2 aliphatic rings. The summed E-state index contributed by atoms with van der Waals surface area (Å²) in [5.41, 5.74) is 3.24. The van der Waals surface area contributed by atoms with E-state index in [1.165, 1.54) is 0 Å². The Morgan fingerprint density at radius 1 is 1.11 bits per heavy atom. The lowest BCUT2D eigenvalue weighted by atomic mass is 9.97. The summed E-state index contributed by atoms with van der Waals surface area (Å²) >= 11 is 0. The van der Waals surface area contributed by atoms with E-state index in [-0.39, 0.29) is 5.91 Å². The van der Waals surface area contributed by atoms with Gasteiger partial charge in [0, 0.05) is 6.42 Å². The molecule has 1 saturated carbocycles. The molecule has 0 aromatic heterocycles. The summed E-state index contributed by atoms with van der Waals surface area (Å²) in [7, 11) is 0. The Kier molecular flexibility index (Phi) is 5.00. The third-order valence-electron chi connectivity index (χ3n) is 5.86. The fraction of sp³-hybridized carbons (Fsp3) is 0.375. The average molecular weight is 371 g/mol. The highest BCUT2D eigenvalue weighted by Crippen LogP contribution is 2.40. The van der Waals surface area contributed by atoms with Gasteiger partial charge in [0.15, 0.2) is 0 Å². The number of carbonyl (C=O) groups excluding carboxylic acids is 1. The predicted molar refractivity (Wildman–Crippen MR) is 111 cm³/mol. The van der Waals surface area contributed by atoms with Gasteiger partial charge >= 0.3 is 0 Å². The molecular formula is C24H25N3O. The van der Waals surface area contributed by atoms with Crippen molar-refractivity contribution >= 4 is 11.7 Å². The van der Waals surface area contributed by atoms with Crippen LogP contribution in [0.5, 0.6) is 0 Å². The first-order valence-electron chi connectivity index (χ1n) is 10.2. The molecular weight excluding hydrogens is 346 g/mol. The molecule has 1 spiro atoms. The van der Waals surface area contributed by atoms with Gasteiger partial charge in [-0.25, -0.2) is 0 Å². The normalized spacial score (nSPS) is 17.8. The van der Waals surface area contributed by atoms with E-state index >= 15 is 0 Å². The minimum atomic E-state index is -0.476. The quantitative estimate of drug-likeness (QED) is 0.736. The molecule has 0 N–H and O–H groups in total. The predicted octanol–water partition coefficient (Wildman–Crippen LogP) is 5.08. The summed E-state index contributed by atoms with van der Waals surface area (Å²) < 4.78 is 0. The number of nitrogens with zero attached hydrogens (tertiary/aromatic N) is 3. The van der Waals surface area contributed by atoms with Crippen LogP contribution < -0.4 is 0 Å². The maximum absolute atomic E-state index is 13.2. The second-order valence-electron chi connectivity index (χ2n) is 7.76. The second kappa shape index (κ2) is 7.59. The molecule has 142 valence electrons. The molecule has 2 aromatic carbocycles. The second-order valence-corrected chi connectivity index (χ2v) is 7.76.